The standard InChI is InChI=1S/C36H47N9O2/c1-24-3-4-25(2)44(24)34-39-33(40-35(41-34)45-31-15-16-32(45)23-47-22-31)27-7-9-28(10-8-27)37-36(46)38-29-11-13-30(14-12-29)43-19-17-42(18-20-43)21-26-5-6-26/h7-14,24-26,31-32H,3-6,15-23H2,1-2H3,(H2,37,38,46). The minimum atomic E-state index is -0.274. The highest BCUT2D eigenvalue weighted by Gasteiger charge is 2.40. The van der Waals surface area contributed by atoms with Gasteiger partial charge in [-0.15, -0.1) is 0 Å². The van der Waals surface area contributed by atoms with Crippen LogP contribution >= 0.6 is 0 Å². The summed E-state index contributed by atoms with van der Waals surface area (Å²) in [6.07, 6.45) is 7.27. The zero-order valence-electron chi connectivity index (χ0n) is 27.6. The Bertz CT molecular complexity index is 1530. The fraction of sp³-hybridized carbons (Fsp3) is 0.556. The molecule has 1 aliphatic carbocycles. The van der Waals surface area contributed by atoms with Crippen LogP contribution in [-0.2, 0) is 4.74 Å². The summed E-state index contributed by atoms with van der Waals surface area (Å²) >= 11 is 0. The highest BCUT2D eigenvalue weighted by molar-refractivity contribution is 6.00. The lowest BCUT2D eigenvalue weighted by atomic mass is 10.2. The Morgan fingerprint density at radius 1 is 0.723 bits per heavy atom. The molecule has 4 unspecified atom stereocenters. The summed E-state index contributed by atoms with van der Waals surface area (Å²) in [6, 6.07) is 17.0. The predicted octanol–water partition coefficient (Wildman–Crippen LogP) is 5.46. The van der Waals surface area contributed by atoms with Gasteiger partial charge < -0.3 is 30.1 Å². The highest BCUT2D eigenvalue weighted by Crippen LogP contribution is 2.36. The summed E-state index contributed by atoms with van der Waals surface area (Å²) in [4.78, 5) is 37.7. The second-order valence-corrected chi connectivity index (χ2v) is 14.2. The van der Waals surface area contributed by atoms with Crippen LogP contribution in [0, 0.1) is 5.92 Å². The molecule has 3 aromatic rings. The smallest absolute Gasteiger partial charge is 0.323 e. The van der Waals surface area contributed by atoms with Crippen LogP contribution in [0.2, 0.25) is 0 Å². The largest absolute Gasteiger partial charge is 0.377 e. The molecule has 4 aliphatic heterocycles. The summed E-state index contributed by atoms with van der Waals surface area (Å²) in [5.74, 6) is 3.09. The van der Waals surface area contributed by atoms with Gasteiger partial charge in [0, 0.05) is 67.4 Å². The summed E-state index contributed by atoms with van der Waals surface area (Å²) in [5, 5.41) is 5.95. The molecule has 4 atom stereocenters. The second-order valence-electron chi connectivity index (χ2n) is 14.2. The van der Waals surface area contributed by atoms with Crippen molar-refractivity contribution in [1.82, 2.24) is 19.9 Å². The van der Waals surface area contributed by atoms with Gasteiger partial charge in [0.2, 0.25) is 11.9 Å². The number of benzene rings is 2. The lowest BCUT2D eigenvalue weighted by molar-refractivity contribution is 0.0897. The van der Waals surface area contributed by atoms with Gasteiger partial charge in [-0.3, -0.25) is 4.90 Å². The van der Waals surface area contributed by atoms with Crippen LogP contribution in [0.5, 0.6) is 0 Å². The number of urea groups is 1. The first-order valence-corrected chi connectivity index (χ1v) is 17.6. The average Bonchev–Trinajstić information content (AvgIpc) is 3.79. The van der Waals surface area contributed by atoms with Crippen molar-refractivity contribution in [3.8, 4) is 11.4 Å². The average molecular weight is 638 g/mol. The summed E-state index contributed by atoms with van der Waals surface area (Å²) in [7, 11) is 0. The molecule has 0 radical (unpaired) electrons. The minimum Gasteiger partial charge on any atom is -0.377 e. The van der Waals surface area contributed by atoms with Crippen molar-refractivity contribution in [2.24, 2.45) is 5.92 Å². The third-order valence-corrected chi connectivity index (χ3v) is 10.7. The number of nitrogens with zero attached hydrogens (tertiary/aromatic N) is 7. The van der Waals surface area contributed by atoms with E-state index in [2.05, 4.69) is 56.2 Å². The molecule has 8 rings (SSSR count). The summed E-state index contributed by atoms with van der Waals surface area (Å²) in [6.45, 7) is 11.5. The summed E-state index contributed by atoms with van der Waals surface area (Å²) < 4.78 is 5.85. The SMILES string of the molecule is CC1CCC(C)N1c1nc(-c2ccc(NC(=O)Nc3ccc(N4CCN(CC5CC5)CC4)cc3)cc2)nc(N2C3CCC2COC3)n1. The molecular formula is C36H47N9O2. The maximum absolute atomic E-state index is 12.9. The number of hydrogen-bond donors (Lipinski definition) is 2. The molecule has 1 aromatic heterocycles. The first-order chi connectivity index (χ1) is 23.0. The van der Waals surface area contributed by atoms with E-state index in [9.17, 15) is 4.79 Å². The number of ether oxygens (including phenoxy) is 1. The van der Waals surface area contributed by atoms with Gasteiger partial charge in [-0.1, -0.05) is 0 Å². The van der Waals surface area contributed by atoms with E-state index in [0.29, 0.717) is 48.9 Å². The lowest BCUT2D eigenvalue weighted by Crippen LogP contribution is -2.47. The van der Waals surface area contributed by atoms with Gasteiger partial charge in [-0.25, -0.2) is 4.79 Å². The van der Waals surface area contributed by atoms with E-state index in [0.717, 1.165) is 80.9 Å². The van der Waals surface area contributed by atoms with E-state index in [4.69, 9.17) is 19.7 Å². The van der Waals surface area contributed by atoms with Crippen molar-refractivity contribution < 1.29 is 9.53 Å². The van der Waals surface area contributed by atoms with Gasteiger partial charge in [0.15, 0.2) is 5.82 Å². The van der Waals surface area contributed by atoms with E-state index in [1.807, 2.05) is 36.4 Å². The normalized spacial score (nSPS) is 26.1. The number of hydrogen-bond acceptors (Lipinski definition) is 9. The van der Waals surface area contributed by atoms with Crippen LogP contribution in [0.3, 0.4) is 0 Å². The number of rotatable bonds is 8. The monoisotopic (exact) mass is 637 g/mol. The molecule has 4 saturated heterocycles. The number of carbonyl (C=O) groups is 1. The summed E-state index contributed by atoms with van der Waals surface area (Å²) in [5.41, 5.74) is 3.57. The predicted molar refractivity (Wildman–Crippen MR) is 186 cm³/mol. The quantitative estimate of drug-likeness (QED) is 0.334. The minimum absolute atomic E-state index is 0.274. The number of carbonyl (C=O) groups excluding carboxylic acids is 1. The number of anilines is 5. The Balaban J connectivity index is 0.927. The van der Waals surface area contributed by atoms with Crippen LogP contribution in [0.25, 0.3) is 11.4 Å². The number of nitrogens with one attached hydrogen (secondary N) is 2. The van der Waals surface area contributed by atoms with Gasteiger partial charge in [0.05, 0.1) is 25.3 Å². The number of morpholine rings is 1. The number of amides is 2. The molecule has 1 saturated carbocycles. The van der Waals surface area contributed by atoms with Gasteiger partial charge >= 0.3 is 6.03 Å². The molecule has 5 fully saturated rings. The van der Waals surface area contributed by atoms with Crippen LogP contribution in [0.15, 0.2) is 48.5 Å². The molecule has 2 N–H and O–H groups in total. The zero-order valence-corrected chi connectivity index (χ0v) is 27.6. The van der Waals surface area contributed by atoms with Crippen LogP contribution in [0.4, 0.5) is 33.8 Å². The van der Waals surface area contributed by atoms with Crippen LogP contribution in [-0.4, -0.2) is 96.0 Å². The second kappa shape index (κ2) is 12.9. The van der Waals surface area contributed by atoms with Crippen molar-refractivity contribution in [3.63, 3.8) is 0 Å². The number of fused-ring (bicyclic) bond motifs is 2. The van der Waals surface area contributed by atoms with Crippen molar-refractivity contribution in [1.29, 1.82) is 0 Å². The maximum Gasteiger partial charge on any atom is 0.323 e. The fourth-order valence-corrected chi connectivity index (χ4v) is 7.86. The van der Waals surface area contributed by atoms with Crippen molar-refractivity contribution in [3.05, 3.63) is 48.5 Å². The van der Waals surface area contributed by atoms with Gasteiger partial charge in [0.25, 0.3) is 0 Å². The van der Waals surface area contributed by atoms with Crippen molar-refractivity contribution in [2.75, 3.05) is 71.3 Å². The molecular weight excluding hydrogens is 590 g/mol. The molecule has 2 bridgehead atoms. The van der Waals surface area contributed by atoms with E-state index >= 15 is 0 Å². The van der Waals surface area contributed by atoms with Gasteiger partial charge in [0.1, 0.15) is 0 Å². The highest BCUT2D eigenvalue weighted by atomic mass is 16.5. The first-order valence-electron chi connectivity index (χ1n) is 17.6. The third-order valence-electron chi connectivity index (χ3n) is 10.7. The maximum atomic E-state index is 12.9. The van der Waals surface area contributed by atoms with Crippen LogP contribution < -0.4 is 25.3 Å². The first kappa shape index (κ1) is 30.4. The molecule has 248 valence electrons. The van der Waals surface area contributed by atoms with E-state index in [1.54, 1.807) is 0 Å². The number of aromatic nitrogens is 3. The van der Waals surface area contributed by atoms with Gasteiger partial charge in [-0.05, 0) is 107 Å². The molecule has 11 nitrogen and oxygen atoms in total. The van der Waals surface area contributed by atoms with E-state index in [1.165, 1.54) is 25.1 Å². The fourth-order valence-electron chi connectivity index (χ4n) is 7.86. The molecule has 0 spiro atoms. The Morgan fingerprint density at radius 2 is 1.30 bits per heavy atom. The Labute approximate surface area is 277 Å². The van der Waals surface area contributed by atoms with E-state index in [-0.39, 0.29) is 6.03 Å². The number of piperazine rings is 1. The van der Waals surface area contributed by atoms with E-state index < -0.39 is 0 Å². The molecule has 47 heavy (non-hydrogen) atoms. The zero-order chi connectivity index (χ0) is 31.9. The molecule has 2 amide bonds. The Morgan fingerprint density at radius 3 is 1.89 bits per heavy atom. The molecule has 5 aliphatic rings. The molecule has 11 heteroatoms. The Kier molecular flexibility index (Phi) is 8.35. The van der Waals surface area contributed by atoms with Crippen molar-refractivity contribution in [2.45, 2.75) is 76.5 Å². The molecule has 2 aromatic carbocycles. The Hall–Kier alpha value is -3.96. The van der Waals surface area contributed by atoms with Crippen molar-refractivity contribution >= 4 is 35.0 Å². The van der Waals surface area contributed by atoms with Gasteiger partial charge in [-0.2, -0.15) is 15.0 Å². The molecule has 5 heterocycles. The van der Waals surface area contributed by atoms with Crippen LogP contribution in [0.1, 0.15) is 52.4 Å². The lowest BCUT2D eigenvalue weighted by Gasteiger charge is -2.36. The topological polar surface area (TPSA) is 102 Å². The third kappa shape index (κ3) is 6.60.